The van der Waals surface area contributed by atoms with E-state index in [9.17, 15) is 4.79 Å². The lowest BCUT2D eigenvalue weighted by molar-refractivity contribution is 0.101. The minimum absolute atomic E-state index is 0.0139. The Morgan fingerprint density at radius 2 is 2.19 bits per heavy atom. The quantitative estimate of drug-likeness (QED) is 0.447. The number of ketones is 1. The number of allylic oxidation sites excluding steroid dienone is 1. The molecule has 2 nitrogen and oxygen atoms in total. The van der Waals surface area contributed by atoms with Crippen molar-refractivity contribution in [3.63, 3.8) is 0 Å². The van der Waals surface area contributed by atoms with Gasteiger partial charge in [0.2, 0.25) is 0 Å². The van der Waals surface area contributed by atoms with Gasteiger partial charge in [-0.2, -0.15) is 0 Å². The number of ether oxygens (including phenoxy) is 1. The predicted octanol–water partition coefficient (Wildman–Crippen LogP) is 3.37. The number of carbonyl (C=O) groups is 1. The summed E-state index contributed by atoms with van der Waals surface area (Å²) in [4.78, 5) is 11.4. The number of halogens is 1. The molecule has 3 heteroatoms. The normalized spacial score (nSPS) is 10.7. The van der Waals surface area contributed by atoms with Crippen LogP contribution in [0, 0.1) is 6.92 Å². The third kappa shape index (κ3) is 3.70. The molecule has 16 heavy (non-hydrogen) atoms. The second kappa shape index (κ2) is 6.33. The first kappa shape index (κ1) is 12.8. The van der Waals surface area contributed by atoms with Crippen molar-refractivity contribution in [1.82, 2.24) is 0 Å². The smallest absolute Gasteiger partial charge is 0.163 e. The molecule has 0 aliphatic rings. The molecule has 0 N–H and O–H groups in total. The molecule has 0 aliphatic heterocycles. The van der Waals surface area contributed by atoms with Gasteiger partial charge in [0.15, 0.2) is 5.78 Å². The van der Waals surface area contributed by atoms with Gasteiger partial charge in [0.25, 0.3) is 0 Å². The van der Waals surface area contributed by atoms with E-state index in [0.717, 1.165) is 5.56 Å². The van der Waals surface area contributed by atoms with E-state index in [-0.39, 0.29) is 5.78 Å². The van der Waals surface area contributed by atoms with Gasteiger partial charge in [0.1, 0.15) is 12.4 Å². The molecule has 1 aromatic carbocycles. The van der Waals surface area contributed by atoms with Crippen LogP contribution in [0.1, 0.15) is 22.8 Å². The molecule has 0 heterocycles. The second-order valence-corrected chi connectivity index (χ2v) is 3.80. The fourth-order valence-corrected chi connectivity index (χ4v) is 1.44. The van der Waals surface area contributed by atoms with Crippen molar-refractivity contribution in [2.45, 2.75) is 13.8 Å². The summed E-state index contributed by atoms with van der Waals surface area (Å²) >= 11 is 5.49. The van der Waals surface area contributed by atoms with Crippen LogP contribution in [0.4, 0.5) is 0 Å². The summed E-state index contributed by atoms with van der Waals surface area (Å²) in [6.45, 7) is 3.91. The molecule has 0 radical (unpaired) electrons. The zero-order valence-corrected chi connectivity index (χ0v) is 10.3. The standard InChI is InChI=1S/C13H15ClO2/c1-10-5-6-13(12(9-10)11(2)15)16-8-4-3-7-14/h3-6,9H,7-8H2,1-2H3. The fraction of sp³-hybridized carbons (Fsp3) is 0.308. The summed E-state index contributed by atoms with van der Waals surface area (Å²) in [5.41, 5.74) is 1.67. The van der Waals surface area contributed by atoms with Crippen LogP contribution in [0.15, 0.2) is 30.4 Å². The number of alkyl halides is 1. The summed E-state index contributed by atoms with van der Waals surface area (Å²) in [5, 5.41) is 0. The van der Waals surface area contributed by atoms with Crippen LogP contribution in [-0.2, 0) is 0 Å². The third-order valence-corrected chi connectivity index (χ3v) is 2.28. The van der Waals surface area contributed by atoms with E-state index in [1.165, 1.54) is 6.92 Å². The molecule has 0 saturated heterocycles. The first-order valence-corrected chi connectivity index (χ1v) is 5.64. The maximum Gasteiger partial charge on any atom is 0.163 e. The van der Waals surface area contributed by atoms with Gasteiger partial charge in [-0.25, -0.2) is 0 Å². The fourth-order valence-electron chi connectivity index (χ4n) is 1.31. The van der Waals surface area contributed by atoms with Gasteiger partial charge in [0, 0.05) is 5.88 Å². The molecular formula is C13H15ClO2. The van der Waals surface area contributed by atoms with Crippen molar-refractivity contribution in [2.75, 3.05) is 12.5 Å². The predicted molar refractivity (Wildman–Crippen MR) is 66.5 cm³/mol. The summed E-state index contributed by atoms with van der Waals surface area (Å²) in [6.07, 6.45) is 3.64. The minimum atomic E-state index is 0.0139. The van der Waals surface area contributed by atoms with Gasteiger partial charge < -0.3 is 4.74 Å². The Bertz CT molecular complexity index is 397. The third-order valence-electron chi connectivity index (χ3n) is 2.11. The summed E-state index contributed by atoms with van der Waals surface area (Å²) < 4.78 is 5.49. The Morgan fingerprint density at radius 3 is 2.81 bits per heavy atom. The van der Waals surface area contributed by atoms with Crippen molar-refractivity contribution >= 4 is 17.4 Å². The highest BCUT2D eigenvalue weighted by atomic mass is 35.5. The van der Waals surface area contributed by atoms with E-state index in [2.05, 4.69) is 0 Å². The lowest BCUT2D eigenvalue weighted by Crippen LogP contribution is -2.01. The largest absolute Gasteiger partial charge is 0.489 e. The second-order valence-electron chi connectivity index (χ2n) is 3.49. The van der Waals surface area contributed by atoms with Crippen LogP contribution >= 0.6 is 11.6 Å². The monoisotopic (exact) mass is 238 g/mol. The molecule has 0 amide bonds. The van der Waals surface area contributed by atoms with E-state index >= 15 is 0 Å². The molecule has 0 bridgehead atoms. The Labute approximate surface area is 101 Å². The maximum absolute atomic E-state index is 11.4. The molecule has 0 aromatic heterocycles. The highest BCUT2D eigenvalue weighted by molar-refractivity contribution is 6.18. The zero-order valence-electron chi connectivity index (χ0n) is 9.50. The highest BCUT2D eigenvalue weighted by Crippen LogP contribution is 2.20. The molecular weight excluding hydrogens is 224 g/mol. The Hall–Kier alpha value is -1.28. The minimum Gasteiger partial charge on any atom is -0.489 e. The Kier molecular flexibility index (Phi) is 5.06. The SMILES string of the molecule is CC(=O)c1cc(C)ccc1OCC=CCCl. The summed E-state index contributed by atoms with van der Waals surface area (Å²) in [5.74, 6) is 1.11. The lowest BCUT2D eigenvalue weighted by Gasteiger charge is -2.08. The molecule has 0 aliphatic carbocycles. The molecule has 0 unspecified atom stereocenters. The van der Waals surface area contributed by atoms with Crippen molar-refractivity contribution in [3.05, 3.63) is 41.5 Å². The number of hydrogen-bond acceptors (Lipinski definition) is 2. The van der Waals surface area contributed by atoms with Gasteiger partial charge in [-0.1, -0.05) is 23.8 Å². The van der Waals surface area contributed by atoms with Crippen molar-refractivity contribution in [3.8, 4) is 5.75 Å². The van der Waals surface area contributed by atoms with E-state index < -0.39 is 0 Å². The number of aryl methyl sites for hydroxylation is 1. The number of rotatable bonds is 5. The molecule has 86 valence electrons. The van der Waals surface area contributed by atoms with Crippen molar-refractivity contribution < 1.29 is 9.53 Å². The maximum atomic E-state index is 11.4. The summed E-state index contributed by atoms with van der Waals surface area (Å²) in [7, 11) is 0. The van der Waals surface area contributed by atoms with Crippen molar-refractivity contribution in [1.29, 1.82) is 0 Å². The van der Waals surface area contributed by atoms with Crippen molar-refractivity contribution in [2.24, 2.45) is 0 Å². The van der Waals surface area contributed by atoms with E-state index in [0.29, 0.717) is 23.8 Å². The molecule has 1 rings (SSSR count). The van der Waals surface area contributed by atoms with Gasteiger partial charge >= 0.3 is 0 Å². The number of Topliss-reactive ketones (excluding diaryl/α,β-unsaturated/α-hetero) is 1. The van der Waals surface area contributed by atoms with E-state index in [1.807, 2.05) is 37.3 Å². The van der Waals surface area contributed by atoms with Crippen LogP contribution in [0.2, 0.25) is 0 Å². The van der Waals surface area contributed by atoms with E-state index in [1.54, 1.807) is 0 Å². The van der Waals surface area contributed by atoms with Gasteiger partial charge in [-0.3, -0.25) is 4.79 Å². The Balaban J connectivity index is 2.78. The van der Waals surface area contributed by atoms with Crippen LogP contribution in [0.3, 0.4) is 0 Å². The molecule has 0 fully saturated rings. The molecule has 1 aromatic rings. The molecule has 0 saturated carbocycles. The number of hydrogen-bond donors (Lipinski definition) is 0. The van der Waals surface area contributed by atoms with Crippen LogP contribution in [0.5, 0.6) is 5.75 Å². The topological polar surface area (TPSA) is 26.3 Å². The highest BCUT2D eigenvalue weighted by Gasteiger charge is 2.07. The Morgan fingerprint density at radius 1 is 1.44 bits per heavy atom. The first-order chi connectivity index (χ1) is 7.65. The average Bonchev–Trinajstić information content (AvgIpc) is 2.26. The number of carbonyl (C=O) groups excluding carboxylic acids is 1. The lowest BCUT2D eigenvalue weighted by atomic mass is 10.1. The van der Waals surface area contributed by atoms with Gasteiger partial charge in [0.05, 0.1) is 5.56 Å². The molecule has 0 atom stereocenters. The molecule has 0 spiro atoms. The zero-order chi connectivity index (χ0) is 12.0. The number of benzene rings is 1. The van der Waals surface area contributed by atoms with Gasteiger partial charge in [-0.15, -0.1) is 11.6 Å². The first-order valence-electron chi connectivity index (χ1n) is 5.10. The van der Waals surface area contributed by atoms with E-state index in [4.69, 9.17) is 16.3 Å². The van der Waals surface area contributed by atoms with Gasteiger partial charge in [-0.05, 0) is 26.0 Å². The van der Waals surface area contributed by atoms with Crippen LogP contribution in [0.25, 0.3) is 0 Å². The average molecular weight is 239 g/mol. The van der Waals surface area contributed by atoms with Crippen LogP contribution < -0.4 is 4.74 Å². The summed E-state index contributed by atoms with van der Waals surface area (Å²) in [6, 6.07) is 5.58. The van der Waals surface area contributed by atoms with Crippen LogP contribution in [-0.4, -0.2) is 18.3 Å².